The van der Waals surface area contributed by atoms with Crippen LogP contribution in [0.4, 0.5) is 19.4 Å². The summed E-state index contributed by atoms with van der Waals surface area (Å²) in [6.45, 7) is 26.0. The van der Waals surface area contributed by atoms with Gasteiger partial charge < -0.3 is 19.5 Å². The van der Waals surface area contributed by atoms with Crippen molar-refractivity contribution in [3.8, 4) is 34.6 Å². The standard InChI is InChI=1S/C47H54F2N6O4Si/c1-25(2)60(26(3)4,27(5)6)20-18-33-35(48)15-13-31-11-10-12-34(37(31)33)40-39(49)41-38-43(52-45(51-41)58-24-47-21-28(7)22-53(47)19-17-29(47)8)54-23-32-14-16-36(55(32)46(56)57)42(54)30(9)59-44(38)50-40/h10-13,15,25-27,30,32,36,42H,7-8,14,16-17,19,21-24H2,1-6,9H3,(H,56,57). The van der Waals surface area contributed by atoms with Gasteiger partial charge in [-0.2, -0.15) is 9.97 Å². The van der Waals surface area contributed by atoms with E-state index in [9.17, 15) is 9.90 Å². The number of carboxylic acid groups (broad SMARTS) is 1. The number of nitrogens with zero attached hydrogens (tertiary/aromatic N) is 6. The van der Waals surface area contributed by atoms with Crippen molar-refractivity contribution in [3.63, 3.8) is 0 Å². The van der Waals surface area contributed by atoms with Crippen LogP contribution in [-0.2, 0) is 0 Å². The SMILES string of the molecule is C=C1CN2CCC(=C)C2(COc2nc3c4c(nc(-c5cccc6ccc(F)c(C#C[Si](C(C)C)(C(C)C)C(C)C)c56)c(F)c4n2)OC(C)C2C4CCC(CN32)N4C(=O)O)C1. The molecule has 10 nitrogen and oxygen atoms in total. The van der Waals surface area contributed by atoms with E-state index in [4.69, 9.17) is 24.4 Å². The smallest absolute Gasteiger partial charge is 0.407 e. The van der Waals surface area contributed by atoms with Gasteiger partial charge in [-0.25, -0.2) is 18.6 Å². The molecule has 0 saturated carbocycles. The molecule has 60 heavy (non-hydrogen) atoms. The van der Waals surface area contributed by atoms with Crippen LogP contribution in [0.1, 0.15) is 79.7 Å². The van der Waals surface area contributed by atoms with Crippen LogP contribution in [0.25, 0.3) is 32.9 Å². The quantitative estimate of drug-likeness (QED) is 0.111. The molecule has 0 spiro atoms. The van der Waals surface area contributed by atoms with Crippen molar-refractivity contribution in [1.82, 2.24) is 24.8 Å². The predicted molar refractivity (Wildman–Crippen MR) is 233 cm³/mol. The van der Waals surface area contributed by atoms with Crippen molar-refractivity contribution < 1.29 is 28.2 Å². The first-order valence-corrected chi connectivity index (χ1v) is 23.6. The zero-order valence-corrected chi connectivity index (χ0v) is 36.6. The molecular weight excluding hydrogens is 779 g/mol. The van der Waals surface area contributed by atoms with E-state index in [0.29, 0.717) is 64.6 Å². The van der Waals surface area contributed by atoms with E-state index in [1.807, 2.05) is 13.0 Å². The Morgan fingerprint density at radius 1 is 1.05 bits per heavy atom. The molecule has 2 aromatic carbocycles. The number of hydrogen-bond acceptors (Lipinski definition) is 8. The summed E-state index contributed by atoms with van der Waals surface area (Å²) in [5.74, 6) is 2.64. The van der Waals surface area contributed by atoms with Gasteiger partial charge in [0.15, 0.2) is 5.82 Å². The lowest BCUT2D eigenvalue weighted by Gasteiger charge is -2.47. The van der Waals surface area contributed by atoms with E-state index in [1.165, 1.54) is 6.07 Å². The van der Waals surface area contributed by atoms with Gasteiger partial charge in [0.25, 0.3) is 0 Å². The summed E-state index contributed by atoms with van der Waals surface area (Å²) in [5, 5.41) is 11.8. The Bertz CT molecular complexity index is 2530. The number of carbonyl (C=O) groups is 1. The highest BCUT2D eigenvalue weighted by atomic mass is 28.3. The van der Waals surface area contributed by atoms with Gasteiger partial charge >= 0.3 is 12.1 Å². The topological polar surface area (TPSA) is 104 Å². The first-order chi connectivity index (χ1) is 28.6. The fourth-order valence-corrected chi connectivity index (χ4v) is 17.0. The van der Waals surface area contributed by atoms with E-state index >= 15 is 8.78 Å². The number of hydrogen-bond donors (Lipinski definition) is 1. The molecule has 13 heteroatoms. The Labute approximate surface area is 351 Å². The second-order valence-corrected chi connectivity index (χ2v) is 24.2. The molecule has 7 heterocycles. The van der Waals surface area contributed by atoms with Crippen LogP contribution < -0.4 is 14.4 Å². The highest BCUT2D eigenvalue weighted by molar-refractivity contribution is 6.90. The number of rotatable bonds is 7. The van der Waals surface area contributed by atoms with Crippen LogP contribution in [0.15, 0.2) is 54.6 Å². The van der Waals surface area contributed by atoms with Gasteiger partial charge in [-0.15, -0.1) is 5.54 Å². The summed E-state index contributed by atoms with van der Waals surface area (Å²) in [6, 6.07) is 7.41. The summed E-state index contributed by atoms with van der Waals surface area (Å²) in [5.41, 5.74) is 6.80. The molecule has 9 rings (SSSR count). The minimum absolute atomic E-state index is 0.0137. The third-order valence-corrected chi connectivity index (χ3v) is 20.8. The Hall–Kier alpha value is -5.06. The van der Waals surface area contributed by atoms with Gasteiger partial charge in [0.1, 0.15) is 49.0 Å². The van der Waals surface area contributed by atoms with Gasteiger partial charge in [0.05, 0.1) is 29.2 Å². The van der Waals surface area contributed by atoms with Crippen LogP contribution in [0.5, 0.6) is 11.9 Å². The number of anilines is 1. The number of halogens is 2. The molecule has 5 unspecified atom stereocenters. The molecular formula is C47H54F2N6O4Si. The molecule has 314 valence electrons. The second kappa shape index (κ2) is 14.5. The maximum Gasteiger partial charge on any atom is 0.407 e. The minimum Gasteiger partial charge on any atom is -0.472 e. The third-order valence-electron chi connectivity index (χ3n) is 14.6. The second-order valence-electron chi connectivity index (χ2n) is 18.6. The van der Waals surface area contributed by atoms with E-state index in [1.54, 1.807) is 23.1 Å². The van der Waals surface area contributed by atoms with E-state index in [-0.39, 0.29) is 52.7 Å². The van der Waals surface area contributed by atoms with Crippen molar-refractivity contribution in [2.75, 3.05) is 31.1 Å². The first-order valence-electron chi connectivity index (χ1n) is 21.4. The Morgan fingerprint density at radius 3 is 2.52 bits per heavy atom. The Kier molecular flexibility index (Phi) is 9.78. The lowest BCUT2D eigenvalue weighted by Crippen LogP contribution is -2.64. The number of pyridine rings is 1. The number of aromatic nitrogens is 3. The average Bonchev–Trinajstić information content (AvgIpc) is 3.78. The molecule has 5 aliphatic rings. The number of amides is 1. The van der Waals surface area contributed by atoms with Gasteiger partial charge in [0, 0.05) is 30.6 Å². The van der Waals surface area contributed by atoms with Gasteiger partial charge in [0.2, 0.25) is 5.88 Å². The third kappa shape index (κ3) is 5.95. The summed E-state index contributed by atoms with van der Waals surface area (Å²) < 4.78 is 47.4. The highest BCUT2D eigenvalue weighted by Crippen LogP contribution is 2.49. The molecule has 1 amide bonds. The van der Waals surface area contributed by atoms with Crippen molar-refractivity contribution in [2.45, 2.75) is 121 Å². The summed E-state index contributed by atoms with van der Waals surface area (Å²) in [4.78, 5) is 33.3. The number of benzene rings is 2. The van der Waals surface area contributed by atoms with Gasteiger partial charge in [-0.1, -0.05) is 96.0 Å². The Morgan fingerprint density at radius 2 is 1.80 bits per heavy atom. The lowest BCUT2D eigenvalue weighted by atomic mass is 9.89. The molecule has 2 bridgehead atoms. The summed E-state index contributed by atoms with van der Waals surface area (Å²) in [6.07, 6.45) is 1.33. The average molecular weight is 833 g/mol. The summed E-state index contributed by atoms with van der Waals surface area (Å²) in [7, 11) is -2.29. The maximum atomic E-state index is 17.8. The zero-order chi connectivity index (χ0) is 42.6. The normalized spacial score (nSPS) is 24.9. The molecule has 0 aliphatic carbocycles. The fourth-order valence-electron chi connectivity index (χ4n) is 11.8. The highest BCUT2D eigenvalue weighted by Gasteiger charge is 2.54. The monoisotopic (exact) mass is 832 g/mol. The van der Waals surface area contributed by atoms with Crippen molar-refractivity contribution in [3.05, 3.63) is 71.8 Å². The van der Waals surface area contributed by atoms with Crippen LogP contribution in [0.2, 0.25) is 16.6 Å². The number of fused-ring (bicyclic) bond motifs is 7. The molecule has 4 fully saturated rings. The minimum atomic E-state index is -2.29. The molecule has 1 N–H and O–H groups in total. The maximum absolute atomic E-state index is 17.8. The van der Waals surface area contributed by atoms with Crippen LogP contribution >= 0.6 is 0 Å². The molecule has 5 aliphatic heterocycles. The fraction of sp³-hybridized carbons (Fsp3) is 0.489. The van der Waals surface area contributed by atoms with Crippen molar-refractivity contribution in [1.29, 1.82) is 0 Å². The van der Waals surface area contributed by atoms with E-state index in [2.05, 4.69) is 76.0 Å². The summed E-state index contributed by atoms with van der Waals surface area (Å²) >= 11 is 0. The zero-order valence-electron chi connectivity index (χ0n) is 35.6. The van der Waals surface area contributed by atoms with Crippen LogP contribution in [0.3, 0.4) is 0 Å². The van der Waals surface area contributed by atoms with E-state index < -0.39 is 43.5 Å². The van der Waals surface area contributed by atoms with Gasteiger partial charge in [-0.3, -0.25) is 9.80 Å². The first kappa shape index (κ1) is 40.3. The lowest BCUT2D eigenvalue weighted by molar-refractivity contribution is 0.0706. The van der Waals surface area contributed by atoms with Gasteiger partial charge in [-0.05, 0) is 60.7 Å². The largest absolute Gasteiger partial charge is 0.472 e. The molecule has 0 radical (unpaired) electrons. The predicted octanol–water partition coefficient (Wildman–Crippen LogP) is 9.51. The van der Waals surface area contributed by atoms with Crippen molar-refractivity contribution in [2.24, 2.45) is 0 Å². The van der Waals surface area contributed by atoms with Crippen LogP contribution in [0, 0.1) is 23.1 Å². The molecule has 4 saturated heterocycles. The van der Waals surface area contributed by atoms with Crippen LogP contribution in [-0.4, -0.2) is 100 Å². The number of ether oxygens (including phenoxy) is 2. The van der Waals surface area contributed by atoms with Crippen molar-refractivity contribution >= 4 is 41.7 Å². The molecule has 4 aromatic rings. The molecule has 5 atom stereocenters. The Balaban J connectivity index is 1.26. The molecule has 2 aromatic heterocycles. The van der Waals surface area contributed by atoms with E-state index in [0.717, 1.165) is 30.7 Å². The number of piperazine rings is 1.